The molecule has 1 N–H and O–H groups in total. The highest BCUT2D eigenvalue weighted by Gasteiger charge is 2.36. The zero-order valence-corrected chi connectivity index (χ0v) is 17.0. The van der Waals surface area contributed by atoms with Crippen LogP contribution in [0, 0.1) is 11.7 Å². The fourth-order valence-electron chi connectivity index (χ4n) is 3.42. The number of nitrogens with zero attached hydrogens (tertiary/aromatic N) is 3. The molecular weight excluding hydrogens is 403 g/mol. The van der Waals surface area contributed by atoms with E-state index in [9.17, 15) is 14.0 Å². The smallest absolute Gasteiger partial charge is 0.249 e. The van der Waals surface area contributed by atoms with E-state index in [1.807, 2.05) is 0 Å². The Kier molecular flexibility index (Phi) is 5.66. The van der Waals surface area contributed by atoms with Gasteiger partial charge in [-0.25, -0.2) is 4.39 Å². The van der Waals surface area contributed by atoms with Gasteiger partial charge in [-0.3, -0.25) is 9.59 Å². The first kappa shape index (κ1) is 20.5. The topological polar surface area (TPSA) is 97.6 Å². The molecule has 1 aliphatic rings. The third-order valence-corrected chi connectivity index (χ3v) is 5.15. The molecule has 160 valence electrons. The van der Waals surface area contributed by atoms with Gasteiger partial charge in [-0.2, -0.15) is 4.98 Å². The fraction of sp³-hybridized carbons (Fsp3) is 0.273. The first-order valence-corrected chi connectivity index (χ1v) is 9.79. The van der Waals surface area contributed by atoms with Crippen LogP contribution in [0.5, 0.6) is 5.75 Å². The van der Waals surface area contributed by atoms with Crippen molar-refractivity contribution < 1.29 is 23.2 Å². The van der Waals surface area contributed by atoms with Crippen LogP contribution in [0.15, 0.2) is 53.1 Å². The SMILES string of the molecule is COc1ccc(N2CC(C(=O)NC(C)c3nc(-c4ccc(F)cc4)no3)CC2=O)cc1. The lowest BCUT2D eigenvalue weighted by atomic mass is 10.1. The minimum atomic E-state index is -0.542. The van der Waals surface area contributed by atoms with Crippen molar-refractivity contribution in [3.05, 3.63) is 60.2 Å². The maximum atomic E-state index is 13.1. The number of hydrogen-bond acceptors (Lipinski definition) is 6. The van der Waals surface area contributed by atoms with E-state index in [4.69, 9.17) is 9.26 Å². The van der Waals surface area contributed by atoms with Crippen LogP contribution in [-0.4, -0.2) is 35.6 Å². The molecule has 3 aromatic rings. The number of hydrogen-bond donors (Lipinski definition) is 1. The van der Waals surface area contributed by atoms with E-state index in [1.165, 1.54) is 12.1 Å². The van der Waals surface area contributed by atoms with Crippen molar-refractivity contribution in [2.24, 2.45) is 5.92 Å². The Morgan fingerprint density at radius 3 is 2.61 bits per heavy atom. The summed E-state index contributed by atoms with van der Waals surface area (Å²) in [6, 6.07) is 12.3. The molecule has 2 amide bonds. The number of methoxy groups -OCH3 is 1. The van der Waals surface area contributed by atoms with Crippen LogP contribution in [0.25, 0.3) is 11.4 Å². The second-order valence-corrected chi connectivity index (χ2v) is 7.30. The van der Waals surface area contributed by atoms with Crippen molar-refractivity contribution in [1.29, 1.82) is 0 Å². The highest BCUT2D eigenvalue weighted by molar-refractivity contribution is 6.00. The number of nitrogens with one attached hydrogen (secondary N) is 1. The Bertz CT molecular complexity index is 1080. The summed E-state index contributed by atoms with van der Waals surface area (Å²) in [5.41, 5.74) is 1.32. The lowest BCUT2D eigenvalue weighted by Crippen LogP contribution is -2.34. The van der Waals surface area contributed by atoms with E-state index in [-0.39, 0.29) is 36.5 Å². The van der Waals surface area contributed by atoms with Crippen molar-refractivity contribution in [1.82, 2.24) is 15.5 Å². The van der Waals surface area contributed by atoms with Gasteiger partial charge in [-0.1, -0.05) is 5.16 Å². The van der Waals surface area contributed by atoms with Crippen molar-refractivity contribution >= 4 is 17.5 Å². The quantitative estimate of drug-likeness (QED) is 0.653. The van der Waals surface area contributed by atoms with Gasteiger partial charge in [0.15, 0.2) is 0 Å². The molecule has 1 fully saturated rings. The summed E-state index contributed by atoms with van der Waals surface area (Å²) < 4.78 is 23.5. The summed E-state index contributed by atoms with van der Waals surface area (Å²) in [5, 5.41) is 6.72. The molecule has 1 aromatic heterocycles. The molecule has 9 heteroatoms. The van der Waals surface area contributed by atoms with E-state index < -0.39 is 12.0 Å². The molecule has 2 aromatic carbocycles. The summed E-state index contributed by atoms with van der Waals surface area (Å²) in [6.45, 7) is 2.01. The standard InChI is InChI=1S/C22H21FN4O4/c1-13(22-25-20(26-31-22)14-3-5-16(23)6-4-14)24-21(29)15-11-19(28)27(12-15)17-7-9-18(30-2)10-8-17/h3-10,13,15H,11-12H2,1-2H3,(H,24,29). The predicted molar refractivity (Wildman–Crippen MR) is 110 cm³/mol. The molecule has 2 atom stereocenters. The number of amides is 2. The summed E-state index contributed by atoms with van der Waals surface area (Å²) in [4.78, 5) is 31.0. The Morgan fingerprint density at radius 1 is 1.23 bits per heavy atom. The zero-order chi connectivity index (χ0) is 22.0. The Labute approximate surface area is 178 Å². The number of carbonyl (C=O) groups is 2. The molecule has 0 spiro atoms. The minimum absolute atomic E-state index is 0.116. The highest BCUT2D eigenvalue weighted by Crippen LogP contribution is 2.27. The summed E-state index contributed by atoms with van der Waals surface area (Å²) >= 11 is 0. The van der Waals surface area contributed by atoms with Crippen molar-refractivity contribution in [2.45, 2.75) is 19.4 Å². The molecule has 8 nitrogen and oxygen atoms in total. The Hall–Kier alpha value is -3.75. The molecule has 0 radical (unpaired) electrons. The normalized spacial score (nSPS) is 16.9. The second-order valence-electron chi connectivity index (χ2n) is 7.30. The van der Waals surface area contributed by atoms with Gasteiger partial charge in [0.1, 0.15) is 17.6 Å². The van der Waals surface area contributed by atoms with E-state index in [2.05, 4.69) is 15.5 Å². The number of halogens is 1. The highest BCUT2D eigenvalue weighted by atomic mass is 19.1. The Balaban J connectivity index is 1.39. The van der Waals surface area contributed by atoms with E-state index in [0.29, 0.717) is 17.1 Å². The minimum Gasteiger partial charge on any atom is -0.497 e. The number of rotatable bonds is 6. The molecule has 0 aliphatic carbocycles. The van der Waals surface area contributed by atoms with Crippen LogP contribution in [0.2, 0.25) is 0 Å². The van der Waals surface area contributed by atoms with Gasteiger partial charge in [-0.05, 0) is 55.5 Å². The maximum Gasteiger partial charge on any atom is 0.249 e. The van der Waals surface area contributed by atoms with E-state index in [1.54, 1.807) is 55.3 Å². The van der Waals surface area contributed by atoms with Crippen LogP contribution in [-0.2, 0) is 9.59 Å². The molecule has 0 bridgehead atoms. The molecule has 1 saturated heterocycles. The molecule has 4 rings (SSSR count). The maximum absolute atomic E-state index is 13.1. The van der Waals surface area contributed by atoms with Gasteiger partial charge in [0.2, 0.25) is 23.5 Å². The lowest BCUT2D eigenvalue weighted by Gasteiger charge is -2.17. The van der Waals surface area contributed by atoms with Gasteiger partial charge in [0.05, 0.1) is 13.0 Å². The van der Waals surface area contributed by atoms with Crippen molar-refractivity contribution in [3.63, 3.8) is 0 Å². The molecular formula is C22H21FN4O4. The van der Waals surface area contributed by atoms with Crippen LogP contribution < -0.4 is 15.0 Å². The summed E-state index contributed by atoms with van der Waals surface area (Å²) in [6.07, 6.45) is 0.120. The monoisotopic (exact) mass is 424 g/mol. The average molecular weight is 424 g/mol. The number of benzene rings is 2. The lowest BCUT2D eigenvalue weighted by molar-refractivity contribution is -0.127. The van der Waals surface area contributed by atoms with Gasteiger partial charge in [-0.15, -0.1) is 0 Å². The molecule has 1 aliphatic heterocycles. The molecule has 2 unspecified atom stereocenters. The van der Waals surface area contributed by atoms with Gasteiger partial charge < -0.3 is 19.5 Å². The van der Waals surface area contributed by atoms with Crippen molar-refractivity contribution in [3.8, 4) is 17.1 Å². The average Bonchev–Trinajstić information content (AvgIpc) is 3.42. The molecule has 2 heterocycles. The number of ether oxygens (including phenoxy) is 1. The first-order valence-electron chi connectivity index (χ1n) is 9.79. The van der Waals surface area contributed by atoms with Gasteiger partial charge in [0, 0.05) is 24.2 Å². The summed E-state index contributed by atoms with van der Waals surface area (Å²) in [7, 11) is 1.57. The van der Waals surface area contributed by atoms with Crippen LogP contribution in [0.4, 0.5) is 10.1 Å². The van der Waals surface area contributed by atoms with E-state index in [0.717, 1.165) is 5.69 Å². The number of carbonyl (C=O) groups excluding carboxylic acids is 2. The number of aromatic nitrogens is 2. The van der Waals surface area contributed by atoms with Crippen LogP contribution >= 0.6 is 0 Å². The Morgan fingerprint density at radius 2 is 1.94 bits per heavy atom. The zero-order valence-electron chi connectivity index (χ0n) is 17.0. The van der Waals surface area contributed by atoms with Gasteiger partial charge in [0.25, 0.3) is 0 Å². The van der Waals surface area contributed by atoms with Gasteiger partial charge >= 0.3 is 0 Å². The fourth-order valence-corrected chi connectivity index (χ4v) is 3.42. The van der Waals surface area contributed by atoms with Crippen molar-refractivity contribution in [2.75, 3.05) is 18.6 Å². The van der Waals surface area contributed by atoms with Crippen LogP contribution in [0.3, 0.4) is 0 Å². The molecule has 31 heavy (non-hydrogen) atoms. The molecule has 0 saturated carbocycles. The largest absolute Gasteiger partial charge is 0.497 e. The summed E-state index contributed by atoms with van der Waals surface area (Å²) in [5.74, 6) is -0.00732. The predicted octanol–water partition coefficient (Wildman–Crippen LogP) is 3.11. The number of anilines is 1. The van der Waals surface area contributed by atoms with Crippen LogP contribution in [0.1, 0.15) is 25.3 Å². The first-order chi connectivity index (χ1) is 14.9. The third-order valence-electron chi connectivity index (χ3n) is 5.15. The second kappa shape index (κ2) is 8.55. The van der Waals surface area contributed by atoms with E-state index >= 15 is 0 Å². The third kappa shape index (κ3) is 4.40.